The van der Waals surface area contributed by atoms with Crippen LogP contribution >= 0.6 is 12.2 Å². The molecule has 1 rings (SSSR count). The predicted molar refractivity (Wildman–Crippen MR) is 86.2 cm³/mol. The number of nitrogens with one attached hydrogen (secondary N) is 2. The van der Waals surface area contributed by atoms with Crippen molar-refractivity contribution in [2.45, 2.75) is 32.9 Å². The average Bonchev–Trinajstić information content (AvgIpc) is 2.37. The smallest absolute Gasteiger partial charge is 0.166 e. The van der Waals surface area contributed by atoms with E-state index in [-0.39, 0.29) is 0 Å². The molecule has 0 aliphatic rings. The van der Waals surface area contributed by atoms with E-state index >= 15 is 0 Å². The second kappa shape index (κ2) is 8.88. The van der Waals surface area contributed by atoms with E-state index in [1.54, 1.807) is 0 Å². The molecule has 0 unspecified atom stereocenters. The van der Waals surface area contributed by atoms with Crippen LogP contribution < -0.4 is 10.6 Å². The highest BCUT2D eigenvalue weighted by Crippen LogP contribution is 2.05. The third-order valence-electron chi connectivity index (χ3n) is 2.79. The number of hydrogen-bond acceptors (Lipinski definition) is 2. The molecule has 4 heteroatoms. The first-order valence-corrected chi connectivity index (χ1v) is 7.27. The lowest BCUT2D eigenvalue weighted by Crippen LogP contribution is -2.35. The number of unbranched alkanes of at least 4 members (excludes halogenated alkanes) is 1. The van der Waals surface area contributed by atoms with Crippen molar-refractivity contribution >= 4 is 17.3 Å². The molecule has 1 aromatic rings. The number of hydrogen-bond donors (Lipinski definition) is 2. The summed E-state index contributed by atoms with van der Waals surface area (Å²) in [6.07, 6.45) is 2.34. The molecule has 0 heterocycles. The molecule has 0 saturated carbocycles. The van der Waals surface area contributed by atoms with Crippen LogP contribution in [0.4, 0.5) is 0 Å². The zero-order valence-electron chi connectivity index (χ0n) is 12.2. The summed E-state index contributed by atoms with van der Waals surface area (Å²) in [4.78, 5) is 2.17. The number of nitrogens with zero attached hydrogens (tertiary/aromatic N) is 1. The van der Waals surface area contributed by atoms with Gasteiger partial charge in [-0.1, -0.05) is 37.6 Å². The third kappa shape index (κ3) is 7.13. The fourth-order valence-corrected chi connectivity index (χ4v) is 1.93. The molecule has 3 nitrogen and oxygen atoms in total. The standard InChI is InChI=1S/C15H25N3S/c1-4-5-10-16-15(19)17-11-13-6-8-14(9-7-13)12-18(2)3/h6-9H,4-5,10-12H2,1-3H3,(H2,16,17,19). The largest absolute Gasteiger partial charge is 0.363 e. The summed E-state index contributed by atoms with van der Waals surface area (Å²) in [6, 6.07) is 8.65. The van der Waals surface area contributed by atoms with Crippen molar-refractivity contribution < 1.29 is 0 Å². The maximum Gasteiger partial charge on any atom is 0.166 e. The minimum atomic E-state index is 0.741. The molecule has 0 bridgehead atoms. The van der Waals surface area contributed by atoms with Crippen LogP contribution in [-0.2, 0) is 13.1 Å². The van der Waals surface area contributed by atoms with Crippen LogP contribution in [0.1, 0.15) is 30.9 Å². The second-order valence-electron chi connectivity index (χ2n) is 5.02. The normalized spacial score (nSPS) is 10.5. The van der Waals surface area contributed by atoms with Gasteiger partial charge in [0.2, 0.25) is 0 Å². The fourth-order valence-electron chi connectivity index (χ4n) is 1.75. The minimum Gasteiger partial charge on any atom is -0.363 e. The van der Waals surface area contributed by atoms with E-state index in [1.807, 2.05) is 0 Å². The van der Waals surface area contributed by atoms with Crippen molar-refractivity contribution in [3.8, 4) is 0 Å². The second-order valence-corrected chi connectivity index (χ2v) is 5.43. The Morgan fingerprint density at radius 1 is 1.11 bits per heavy atom. The first kappa shape index (κ1) is 15.9. The van der Waals surface area contributed by atoms with Crippen LogP contribution in [0.2, 0.25) is 0 Å². The summed E-state index contributed by atoms with van der Waals surface area (Å²) >= 11 is 5.22. The average molecular weight is 279 g/mol. The van der Waals surface area contributed by atoms with Crippen molar-refractivity contribution in [3.63, 3.8) is 0 Å². The lowest BCUT2D eigenvalue weighted by atomic mass is 10.1. The summed E-state index contributed by atoms with van der Waals surface area (Å²) in [6.45, 7) is 4.88. The Kier molecular flexibility index (Phi) is 7.45. The van der Waals surface area contributed by atoms with Crippen molar-refractivity contribution in [1.29, 1.82) is 0 Å². The maximum absolute atomic E-state index is 5.22. The number of benzene rings is 1. The summed E-state index contributed by atoms with van der Waals surface area (Å²) in [7, 11) is 4.16. The molecule has 106 valence electrons. The van der Waals surface area contributed by atoms with Crippen LogP contribution in [0.25, 0.3) is 0 Å². The van der Waals surface area contributed by atoms with Gasteiger partial charge in [0.1, 0.15) is 0 Å². The Labute approximate surface area is 122 Å². The van der Waals surface area contributed by atoms with E-state index in [0.717, 1.165) is 31.2 Å². The van der Waals surface area contributed by atoms with Gasteiger partial charge in [-0.15, -0.1) is 0 Å². The van der Waals surface area contributed by atoms with Gasteiger partial charge in [0.05, 0.1) is 0 Å². The third-order valence-corrected chi connectivity index (χ3v) is 3.08. The monoisotopic (exact) mass is 279 g/mol. The Hall–Kier alpha value is -1.13. The van der Waals surface area contributed by atoms with Gasteiger partial charge >= 0.3 is 0 Å². The summed E-state index contributed by atoms with van der Waals surface area (Å²) in [5.74, 6) is 0. The van der Waals surface area contributed by atoms with Gasteiger partial charge in [-0.2, -0.15) is 0 Å². The number of thiocarbonyl (C=S) groups is 1. The van der Waals surface area contributed by atoms with E-state index in [2.05, 4.69) is 60.8 Å². The Morgan fingerprint density at radius 3 is 2.32 bits per heavy atom. The molecule has 0 aliphatic heterocycles. The van der Waals surface area contributed by atoms with Crippen LogP contribution in [0.5, 0.6) is 0 Å². The van der Waals surface area contributed by atoms with Gasteiger partial charge in [0.25, 0.3) is 0 Å². The first-order chi connectivity index (χ1) is 9.11. The van der Waals surface area contributed by atoms with E-state index in [0.29, 0.717) is 0 Å². The highest BCUT2D eigenvalue weighted by molar-refractivity contribution is 7.80. The summed E-state index contributed by atoms with van der Waals surface area (Å²) in [5, 5.41) is 7.17. The minimum absolute atomic E-state index is 0.741. The molecule has 19 heavy (non-hydrogen) atoms. The topological polar surface area (TPSA) is 27.3 Å². The highest BCUT2D eigenvalue weighted by atomic mass is 32.1. The van der Waals surface area contributed by atoms with Crippen LogP contribution in [0, 0.1) is 0 Å². The highest BCUT2D eigenvalue weighted by Gasteiger charge is 1.98. The zero-order valence-corrected chi connectivity index (χ0v) is 13.0. The van der Waals surface area contributed by atoms with Crippen LogP contribution in [0.15, 0.2) is 24.3 Å². The van der Waals surface area contributed by atoms with Gasteiger partial charge in [0.15, 0.2) is 5.11 Å². The van der Waals surface area contributed by atoms with Gasteiger partial charge in [-0.3, -0.25) is 0 Å². The lowest BCUT2D eigenvalue weighted by molar-refractivity contribution is 0.402. The summed E-state index contributed by atoms with van der Waals surface area (Å²) < 4.78 is 0. The van der Waals surface area contributed by atoms with Gasteiger partial charge < -0.3 is 15.5 Å². The molecule has 0 saturated heterocycles. The lowest BCUT2D eigenvalue weighted by Gasteiger charge is -2.12. The van der Waals surface area contributed by atoms with Crippen molar-refractivity contribution in [1.82, 2.24) is 15.5 Å². The fraction of sp³-hybridized carbons (Fsp3) is 0.533. The summed E-state index contributed by atoms with van der Waals surface area (Å²) in [5.41, 5.74) is 2.58. The van der Waals surface area contributed by atoms with Crippen LogP contribution in [-0.4, -0.2) is 30.7 Å². The molecular weight excluding hydrogens is 254 g/mol. The molecule has 0 spiro atoms. The molecule has 0 atom stereocenters. The SMILES string of the molecule is CCCCNC(=S)NCc1ccc(CN(C)C)cc1. The van der Waals surface area contributed by atoms with E-state index < -0.39 is 0 Å². The Morgan fingerprint density at radius 2 is 1.74 bits per heavy atom. The molecule has 0 aliphatic carbocycles. The number of rotatable bonds is 7. The maximum atomic E-state index is 5.22. The Bertz CT molecular complexity index is 373. The van der Waals surface area contributed by atoms with Crippen molar-refractivity contribution in [2.75, 3.05) is 20.6 Å². The zero-order chi connectivity index (χ0) is 14.1. The quantitative estimate of drug-likeness (QED) is 0.592. The van der Waals surface area contributed by atoms with E-state index in [4.69, 9.17) is 12.2 Å². The predicted octanol–water partition coefficient (Wildman–Crippen LogP) is 2.51. The Balaban J connectivity index is 2.31. The molecule has 0 amide bonds. The first-order valence-electron chi connectivity index (χ1n) is 6.86. The molecule has 0 fully saturated rings. The van der Waals surface area contributed by atoms with E-state index in [9.17, 15) is 0 Å². The molecule has 2 N–H and O–H groups in total. The van der Waals surface area contributed by atoms with Gasteiger partial charge in [-0.05, 0) is 43.9 Å². The van der Waals surface area contributed by atoms with Crippen LogP contribution in [0.3, 0.4) is 0 Å². The van der Waals surface area contributed by atoms with Crippen molar-refractivity contribution in [3.05, 3.63) is 35.4 Å². The van der Waals surface area contributed by atoms with Gasteiger partial charge in [-0.25, -0.2) is 0 Å². The molecular formula is C15H25N3S. The van der Waals surface area contributed by atoms with Crippen molar-refractivity contribution in [2.24, 2.45) is 0 Å². The van der Waals surface area contributed by atoms with E-state index in [1.165, 1.54) is 17.5 Å². The molecule has 0 radical (unpaired) electrons. The van der Waals surface area contributed by atoms with Gasteiger partial charge in [0, 0.05) is 19.6 Å². The molecule has 1 aromatic carbocycles. The molecule has 0 aromatic heterocycles.